The summed E-state index contributed by atoms with van der Waals surface area (Å²) in [5, 5.41) is 1.15. The normalized spacial score (nSPS) is 12.9. The van der Waals surface area contributed by atoms with E-state index in [-0.39, 0.29) is 0 Å². The van der Waals surface area contributed by atoms with Gasteiger partial charge in [0, 0.05) is 11.1 Å². The van der Waals surface area contributed by atoms with Crippen LogP contribution in [0.2, 0.25) is 0 Å². The molecule has 2 aromatic carbocycles. The maximum absolute atomic E-state index is 4.72. The van der Waals surface area contributed by atoms with E-state index in [2.05, 4.69) is 69.3 Å². The number of allylic oxidation sites excluding steroid dienone is 4. The van der Waals surface area contributed by atoms with Gasteiger partial charge in [-0.2, -0.15) is 0 Å². The molecule has 130 valence electrons. The first kappa shape index (κ1) is 17.8. The summed E-state index contributed by atoms with van der Waals surface area (Å²) in [5.41, 5.74) is 6.66. The van der Waals surface area contributed by atoms with Crippen LogP contribution in [0.25, 0.3) is 16.5 Å². The number of para-hydroxylation sites is 1. The van der Waals surface area contributed by atoms with Crippen molar-refractivity contribution in [2.45, 2.75) is 27.7 Å². The Bertz CT molecular complexity index is 1020. The Morgan fingerprint density at radius 2 is 1.77 bits per heavy atom. The highest BCUT2D eigenvalue weighted by molar-refractivity contribution is 5.97. The zero-order chi connectivity index (χ0) is 18.5. The first-order chi connectivity index (χ1) is 12.6. The number of aliphatic imine (C=N–C) groups is 1. The lowest BCUT2D eigenvalue weighted by Crippen LogP contribution is -1.89. The molecule has 0 amide bonds. The number of aromatic nitrogens is 1. The molecule has 0 fully saturated rings. The lowest BCUT2D eigenvalue weighted by atomic mass is 10.0. The monoisotopic (exact) mass is 340 g/mol. The van der Waals surface area contributed by atoms with Gasteiger partial charge in [0.2, 0.25) is 0 Å². The molecule has 3 aromatic rings. The number of nitrogens with zero attached hydrogens (tertiary/aromatic N) is 2. The molecular formula is C24H24N2. The van der Waals surface area contributed by atoms with Gasteiger partial charge in [-0.05, 0) is 62.6 Å². The molecule has 0 spiro atoms. The maximum Gasteiger partial charge on any atom is 0.155 e. The van der Waals surface area contributed by atoms with Gasteiger partial charge in [0.05, 0.1) is 5.52 Å². The first-order valence-corrected chi connectivity index (χ1v) is 8.90. The summed E-state index contributed by atoms with van der Waals surface area (Å²) in [7, 11) is 0. The van der Waals surface area contributed by atoms with E-state index in [0.717, 1.165) is 28.0 Å². The van der Waals surface area contributed by atoms with E-state index in [9.17, 15) is 0 Å². The number of hydrogen-bond donors (Lipinski definition) is 0. The summed E-state index contributed by atoms with van der Waals surface area (Å²) in [5.74, 6) is 0.781. The molecule has 0 N–H and O–H groups in total. The van der Waals surface area contributed by atoms with Crippen LogP contribution in [0.15, 0.2) is 77.8 Å². The summed E-state index contributed by atoms with van der Waals surface area (Å²) >= 11 is 0. The third kappa shape index (κ3) is 4.15. The summed E-state index contributed by atoms with van der Waals surface area (Å²) in [6.45, 7) is 8.24. The average Bonchev–Trinajstić information content (AvgIpc) is 2.63. The van der Waals surface area contributed by atoms with E-state index in [1.807, 2.05) is 31.2 Å². The van der Waals surface area contributed by atoms with E-state index in [1.54, 1.807) is 0 Å². The fraction of sp³-hybridized carbons (Fsp3) is 0.167. The van der Waals surface area contributed by atoms with Crippen LogP contribution < -0.4 is 0 Å². The van der Waals surface area contributed by atoms with Gasteiger partial charge in [-0.3, -0.25) is 0 Å². The molecule has 0 aliphatic carbocycles. The Balaban J connectivity index is 1.88. The van der Waals surface area contributed by atoms with E-state index < -0.39 is 0 Å². The number of rotatable bonds is 4. The number of pyridine rings is 1. The number of aryl methyl sites for hydroxylation is 2. The molecule has 0 aliphatic rings. The third-order valence-corrected chi connectivity index (χ3v) is 4.34. The van der Waals surface area contributed by atoms with Crippen molar-refractivity contribution < 1.29 is 0 Å². The Hall–Kier alpha value is -3.00. The Kier molecular flexibility index (Phi) is 5.43. The quantitative estimate of drug-likeness (QED) is 0.388. The van der Waals surface area contributed by atoms with Crippen LogP contribution in [0.4, 0.5) is 5.82 Å². The third-order valence-electron chi connectivity index (χ3n) is 4.34. The minimum Gasteiger partial charge on any atom is -0.234 e. The van der Waals surface area contributed by atoms with Gasteiger partial charge in [-0.15, -0.1) is 0 Å². The summed E-state index contributed by atoms with van der Waals surface area (Å²) in [6.07, 6.45) is 6.29. The highest BCUT2D eigenvalue weighted by atomic mass is 14.9. The minimum atomic E-state index is 0.781. The van der Waals surface area contributed by atoms with Crippen LogP contribution in [-0.2, 0) is 0 Å². The van der Waals surface area contributed by atoms with Crippen LogP contribution in [0.1, 0.15) is 30.5 Å². The Labute approximate surface area is 155 Å². The minimum absolute atomic E-state index is 0.781. The van der Waals surface area contributed by atoms with Crippen molar-refractivity contribution in [2.75, 3.05) is 0 Å². The SMILES string of the molecule is C/C=C(\C=C/C(C)=Nc1nc2ccccc2cc1C)c1cccc(C)c1. The summed E-state index contributed by atoms with van der Waals surface area (Å²) in [4.78, 5) is 9.41. The summed E-state index contributed by atoms with van der Waals surface area (Å²) in [6, 6.07) is 18.8. The fourth-order valence-corrected chi connectivity index (χ4v) is 2.92. The zero-order valence-corrected chi connectivity index (χ0v) is 15.8. The molecule has 0 saturated heterocycles. The number of fused-ring (bicyclic) bond motifs is 1. The maximum atomic E-state index is 4.72. The van der Waals surface area contributed by atoms with Gasteiger partial charge < -0.3 is 0 Å². The van der Waals surface area contributed by atoms with Gasteiger partial charge in [0.25, 0.3) is 0 Å². The lowest BCUT2D eigenvalue weighted by molar-refractivity contribution is 1.27. The van der Waals surface area contributed by atoms with Crippen LogP contribution in [0, 0.1) is 13.8 Å². The molecule has 0 bridgehead atoms. The second-order valence-corrected chi connectivity index (χ2v) is 6.52. The molecule has 2 heteroatoms. The molecule has 1 heterocycles. The average molecular weight is 340 g/mol. The van der Waals surface area contributed by atoms with Crippen molar-refractivity contribution in [3.05, 3.63) is 89.5 Å². The van der Waals surface area contributed by atoms with E-state index in [0.29, 0.717) is 0 Å². The molecule has 1 aromatic heterocycles. The van der Waals surface area contributed by atoms with E-state index in [4.69, 9.17) is 9.98 Å². The largest absolute Gasteiger partial charge is 0.234 e. The number of benzene rings is 2. The predicted octanol–water partition coefficient (Wildman–Crippen LogP) is 6.60. The second-order valence-electron chi connectivity index (χ2n) is 6.52. The number of hydrogen-bond acceptors (Lipinski definition) is 2. The van der Waals surface area contributed by atoms with Crippen molar-refractivity contribution in [1.82, 2.24) is 4.98 Å². The first-order valence-electron chi connectivity index (χ1n) is 8.90. The van der Waals surface area contributed by atoms with Crippen LogP contribution in [0.5, 0.6) is 0 Å². The smallest absolute Gasteiger partial charge is 0.155 e. The Morgan fingerprint density at radius 3 is 2.54 bits per heavy atom. The fourth-order valence-electron chi connectivity index (χ4n) is 2.92. The van der Waals surface area contributed by atoms with Crippen molar-refractivity contribution in [1.29, 1.82) is 0 Å². The van der Waals surface area contributed by atoms with Crippen LogP contribution in [-0.4, -0.2) is 10.7 Å². The topological polar surface area (TPSA) is 25.2 Å². The molecule has 2 nitrogen and oxygen atoms in total. The van der Waals surface area contributed by atoms with Gasteiger partial charge >= 0.3 is 0 Å². The van der Waals surface area contributed by atoms with Crippen molar-refractivity contribution in [2.24, 2.45) is 4.99 Å². The van der Waals surface area contributed by atoms with Crippen molar-refractivity contribution in [3.8, 4) is 0 Å². The zero-order valence-electron chi connectivity index (χ0n) is 15.8. The van der Waals surface area contributed by atoms with Crippen molar-refractivity contribution >= 4 is 28.0 Å². The molecular weight excluding hydrogens is 316 g/mol. The summed E-state index contributed by atoms with van der Waals surface area (Å²) < 4.78 is 0. The van der Waals surface area contributed by atoms with Gasteiger partial charge in [-0.25, -0.2) is 9.98 Å². The van der Waals surface area contributed by atoms with Gasteiger partial charge in [0.1, 0.15) is 0 Å². The molecule has 0 aliphatic heterocycles. The lowest BCUT2D eigenvalue weighted by Gasteiger charge is -2.05. The molecule has 0 saturated carbocycles. The standard InChI is InChI=1S/C24H24N2/c1-5-20(21-11-8-9-17(2)15-21)14-13-19(4)25-24-18(3)16-22-10-6-7-12-23(22)26-24/h5-16H,1-4H3/b14-13-,20-5+,25-19?. The van der Waals surface area contributed by atoms with Crippen LogP contribution in [0.3, 0.4) is 0 Å². The highest BCUT2D eigenvalue weighted by Crippen LogP contribution is 2.22. The van der Waals surface area contributed by atoms with Crippen molar-refractivity contribution in [3.63, 3.8) is 0 Å². The van der Waals surface area contributed by atoms with Crippen LogP contribution >= 0.6 is 0 Å². The van der Waals surface area contributed by atoms with E-state index >= 15 is 0 Å². The molecule has 0 atom stereocenters. The Morgan fingerprint density at radius 1 is 0.962 bits per heavy atom. The predicted molar refractivity (Wildman–Crippen MR) is 113 cm³/mol. The van der Waals surface area contributed by atoms with Gasteiger partial charge in [-0.1, -0.05) is 60.2 Å². The molecule has 0 radical (unpaired) electrons. The highest BCUT2D eigenvalue weighted by Gasteiger charge is 2.02. The van der Waals surface area contributed by atoms with E-state index in [1.165, 1.54) is 16.7 Å². The second kappa shape index (κ2) is 7.92. The molecule has 0 unspecified atom stereocenters. The molecule has 3 rings (SSSR count). The molecule has 26 heavy (non-hydrogen) atoms. The van der Waals surface area contributed by atoms with Gasteiger partial charge in [0.15, 0.2) is 5.82 Å².